The van der Waals surface area contributed by atoms with Crippen LogP contribution in [0.4, 0.5) is 5.69 Å². The first kappa shape index (κ1) is 17.1. The van der Waals surface area contributed by atoms with Crippen molar-refractivity contribution in [1.29, 1.82) is 0 Å². The molecule has 0 heterocycles. The van der Waals surface area contributed by atoms with Crippen molar-refractivity contribution in [3.05, 3.63) is 59.7 Å². The second-order valence-electron chi connectivity index (χ2n) is 6.55. The maximum atomic E-state index is 12.8. The van der Waals surface area contributed by atoms with Crippen LogP contribution in [-0.2, 0) is 10.2 Å². The van der Waals surface area contributed by atoms with E-state index in [4.69, 9.17) is 4.74 Å². The number of ether oxygens (including phenoxy) is 1. The van der Waals surface area contributed by atoms with E-state index in [9.17, 15) is 4.79 Å². The van der Waals surface area contributed by atoms with E-state index in [0.717, 1.165) is 22.6 Å². The van der Waals surface area contributed by atoms with Crippen molar-refractivity contribution in [2.24, 2.45) is 0 Å². The Hall–Kier alpha value is -2.29. The molecule has 0 atom stereocenters. The predicted molar refractivity (Wildman–Crippen MR) is 95.2 cm³/mol. The Labute approximate surface area is 138 Å². The van der Waals surface area contributed by atoms with E-state index in [0.29, 0.717) is 5.92 Å². The van der Waals surface area contributed by atoms with Crippen LogP contribution < -0.4 is 10.1 Å². The van der Waals surface area contributed by atoms with Crippen LogP contribution in [0.5, 0.6) is 5.75 Å². The van der Waals surface area contributed by atoms with E-state index < -0.39 is 5.41 Å². The largest absolute Gasteiger partial charge is 0.497 e. The summed E-state index contributed by atoms with van der Waals surface area (Å²) >= 11 is 0. The Morgan fingerprint density at radius 1 is 1.04 bits per heavy atom. The Kier molecular flexibility index (Phi) is 5.09. The summed E-state index contributed by atoms with van der Waals surface area (Å²) in [6, 6.07) is 15.6. The minimum absolute atomic E-state index is 0.0178. The number of hydrogen-bond donors (Lipinski definition) is 1. The Bertz CT molecular complexity index is 672. The van der Waals surface area contributed by atoms with Gasteiger partial charge in [-0.05, 0) is 49.1 Å². The summed E-state index contributed by atoms with van der Waals surface area (Å²) in [5.74, 6) is 1.13. The van der Waals surface area contributed by atoms with Gasteiger partial charge in [0, 0.05) is 5.69 Å². The number of rotatable bonds is 5. The van der Waals surface area contributed by atoms with E-state index in [-0.39, 0.29) is 5.91 Å². The lowest BCUT2D eigenvalue weighted by atomic mass is 9.83. The van der Waals surface area contributed by atoms with Gasteiger partial charge in [0.25, 0.3) is 0 Å². The highest BCUT2D eigenvalue weighted by Crippen LogP contribution is 2.29. The van der Waals surface area contributed by atoms with Gasteiger partial charge in [0.05, 0.1) is 12.5 Å². The predicted octanol–water partition coefficient (Wildman–Crippen LogP) is 4.73. The summed E-state index contributed by atoms with van der Waals surface area (Å²) in [5, 5.41) is 3.09. The normalized spacial score (nSPS) is 11.4. The molecule has 0 aliphatic heterocycles. The molecule has 0 saturated heterocycles. The minimum atomic E-state index is -0.629. The fraction of sp³-hybridized carbons (Fsp3) is 0.350. The van der Waals surface area contributed by atoms with Crippen molar-refractivity contribution in [2.75, 3.05) is 12.4 Å². The third-order valence-corrected chi connectivity index (χ3v) is 4.21. The minimum Gasteiger partial charge on any atom is -0.497 e. The molecule has 0 fully saturated rings. The van der Waals surface area contributed by atoms with Crippen LogP contribution in [0.15, 0.2) is 48.5 Å². The molecule has 0 spiro atoms. The molecule has 0 saturated carbocycles. The number of benzene rings is 2. The van der Waals surface area contributed by atoms with Crippen molar-refractivity contribution >= 4 is 11.6 Å². The molecule has 1 amide bonds. The average molecular weight is 311 g/mol. The maximum Gasteiger partial charge on any atom is 0.234 e. The van der Waals surface area contributed by atoms with Crippen LogP contribution in [0, 0.1) is 0 Å². The van der Waals surface area contributed by atoms with Crippen LogP contribution in [0.1, 0.15) is 44.7 Å². The number of hydrogen-bond acceptors (Lipinski definition) is 2. The first-order valence-corrected chi connectivity index (χ1v) is 7.91. The van der Waals surface area contributed by atoms with Gasteiger partial charge in [-0.3, -0.25) is 4.79 Å². The van der Waals surface area contributed by atoms with E-state index in [2.05, 4.69) is 25.2 Å². The van der Waals surface area contributed by atoms with Gasteiger partial charge in [-0.25, -0.2) is 0 Å². The molecule has 2 rings (SSSR count). The Balaban J connectivity index is 2.25. The monoisotopic (exact) mass is 311 g/mol. The molecule has 0 aliphatic rings. The van der Waals surface area contributed by atoms with Crippen LogP contribution >= 0.6 is 0 Å². The lowest BCUT2D eigenvalue weighted by Gasteiger charge is -2.25. The molecule has 0 bridgehead atoms. The summed E-state index contributed by atoms with van der Waals surface area (Å²) < 4.78 is 5.18. The van der Waals surface area contributed by atoms with E-state index >= 15 is 0 Å². The molecule has 3 heteroatoms. The summed E-state index contributed by atoms with van der Waals surface area (Å²) in [6.07, 6.45) is 0. The highest BCUT2D eigenvalue weighted by atomic mass is 16.5. The van der Waals surface area contributed by atoms with Gasteiger partial charge in [-0.2, -0.15) is 0 Å². The maximum absolute atomic E-state index is 12.8. The molecular formula is C20H25NO2. The average Bonchev–Trinajstić information content (AvgIpc) is 2.55. The Morgan fingerprint density at radius 2 is 1.65 bits per heavy atom. The Morgan fingerprint density at radius 3 is 2.22 bits per heavy atom. The van der Waals surface area contributed by atoms with Gasteiger partial charge in [0.1, 0.15) is 5.75 Å². The number of anilines is 1. The molecule has 3 nitrogen and oxygen atoms in total. The lowest BCUT2D eigenvalue weighted by molar-refractivity contribution is -0.120. The molecule has 0 aromatic heterocycles. The zero-order valence-corrected chi connectivity index (χ0v) is 14.5. The highest BCUT2D eigenvalue weighted by molar-refractivity contribution is 5.99. The van der Waals surface area contributed by atoms with Crippen LogP contribution in [0.2, 0.25) is 0 Å². The lowest BCUT2D eigenvalue weighted by Crippen LogP contribution is -2.35. The zero-order valence-electron chi connectivity index (χ0n) is 14.5. The topological polar surface area (TPSA) is 38.3 Å². The number of carbonyl (C=O) groups is 1. The quantitative estimate of drug-likeness (QED) is 0.866. The third kappa shape index (κ3) is 3.73. The number of carbonyl (C=O) groups excluding carboxylic acids is 1. The van der Waals surface area contributed by atoms with Gasteiger partial charge in [-0.1, -0.05) is 44.2 Å². The first-order chi connectivity index (χ1) is 10.9. The fourth-order valence-electron chi connectivity index (χ4n) is 2.53. The van der Waals surface area contributed by atoms with Crippen molar-refractivity contribution < 1.29 is 9.53 Å². The van der Waals surface area contributed by atoms with E-state index in [1.807, 2.05) is 56.3 Å². The molecule has 2 aromatic carbocycles. The van der Waals surface area contributed by atoms with Crippen LogP contribution in [0.25, 0.3) is 0 Å². The van der Waals surface area contributed by atoms with Gasteiger partial charge in [-0.15, -0.1) is 0 Å². The summed E-state index contributed by atoms with van der Waals surface area (Å²) in [6.45, 7) is 8.11. The molecule has 1 N–H and O–H groups in total. The van der Waals surface area contributed by atoms with Crippen LogP contribution in [-0.4, -0.2) is 13.0 Å². The second-order valence-corrected chi connectivity index (χ2v) is 6.55. The second kappa shape index (κ2) is 6.86. The number of amides is 1. The molecular weight excluding hydrogens is 286 g/mol. The highest BCUT2D eigenvalue weighted by Gasteiger charge is 2.30. The number of nitrogens with one attached hydrogen (secondary N) is 1. The van der Waals surface area contributed by atoms with E-state index in [1.165, 1.54) is 0 Å². The smallest absolute Gasteiger partial charge is 0.234 e. The number of para-hydroxylation sites is 1. The summed E-state index contributed by atoms with van der Waals surface area (Å²) in [7, 11) is 1.63. The zero-order chi connectivity index (χ0) is 17.0. The molecule has 23 heavy (non-hydrogen) atoms. The standard InChI is InChI=1S/C20H25NO2/c1-14(2)17-8-6-7-9-18(17)21-19(22)20(3,4)15-10-12-16(23-5)13-11-15/h6-14H,1-5H3,(H,21,22). The molecule has 0 radical (unpaired) electrons. The van der Waals surface area contributed by atoms with Crippen LogP contribution in [0.3, 0.4) is 0 Å². The SMILES string of the molecule is COc1ccc(C(C)(C)C(=O)Nc2ccccc2C(C)C)cc1. The summed E-state index contributed by atoms with van der Waals surface area (Å²) in [4.78, 5) is 12.8. The van der Waals surface area contributed by atoms with Crippen molar-refractivity contribution in [3.8, 4) is 5.75 Å². The molecule has 122 valence electrons. The van der Waals surface area contributed by atoms with Gasteiger partial charge in [0.2, 0.25) is 5.91 Å². The van der Waals surface area contributed by atoms with Gasteiger partial charge >= 0.3 is 0 Å². The van der Waals surface area contributed by atoms with Gasteiger partial charge < -0.3 is 10.1 Å². The van der Waals surface area contributed by atoms with Crippen molar-refractivity contribution in [2.45, 2.75) is 39.0 Å². The van der Waals surface area contributed by atoms with Crippen molar-refractivity contribution in [1.82, 2.24) is 0 Å². The van der Waals surface area contributed by atoms with Gasteiger partial charge in [0.15, 0.2) is 0 Å². The fourth-order valence-corrected chi connectivity index (χ4v) is 2.53. The van der Waals surface area contributed by atoms with Crippen molar-refractivity contribution in [3.63, 3.8) is 0 Å². The first-order valence-electron chi connectivity index (χ1n) is 7.91. The number of methoxy groups -OCH3 is 1. The molecule has 2 aromatic rings. The third-order valence-electron chi connectivity index (χ3n) is 4.21. The van der Waals surface area contributed by atoms with E-state index in [1.54, 1.807) is 7.11 Å². The molecule has 0 aliphatic carbocycles. The molecule has 0 unspecified atom stereocenters. The summed E-state index contributed by atoms with van der Waals surface area (Å²) in [5.41, 5.74) is 2.36.